The zero-order valence-corrected chi connectivity index (χ0v) is 11.3. The number of thioether (sulfide) groups is 1. The lowest BCUT2D eigenvalue weighted by molar-refractivity contribution is 0.313. The van der Waals surface area contributed by atoms with Gasteiger partial charge in [-0.15, -0.1) is 11.8 Å². The van der Waals surface area contributed by atoms with Gasteiger partial charge < -0.3 is 4.74 Å². The van der Waals surface area contributed by atoms with Gasteiger partial charge in [-0.1, -0.05) is 13.8 Å². The van der Waals surface area contributed by atoms with Crippen LogP contribution in [0.3, 0.4) is 0 Å². The van der Waals surface area contributed by atoms with E-state index in [-0.39, 0.29) is 5.82 Å². The third-order valence-electron chi connectivity index (χ3n) is 1.76. The number of benzene rings is 1. The summed E-state index contributed by atoms with van der Waals surface area (Å²) in [5.74, 6) is 1.36. The monoisotopic (exact) mass is 292 g/mol. The number of rotatable bonds is 5. The summed E-state index contributed by atoms with van der Waals surface area (Å²) in [6.45, 7) is 4.69. The van der Waals surface area contributed by atoms with E-state index in [0.29, 0.717) is 17.3 Å². The van der Waals surface area contributed by atoms with Crippen molar-refractivity contribution >= 4 is 27.7 Å². The van der Waals surface area contributed by atoms with Gasteiger partial charge in [0.2, 0.25) is 0 Å². The molecular weight excluding hydrogens is 279 g/mol. The standard InChI is InChI=1S/C11H14BrFOS/c1-3-7-14-9-6-5-8(13)11(10(9)12)15-4-2/h5-6H,3-4,7H2,1-2H3. The Morgan fingerprint density at radius 1 is 1.40 bits per heavy atom. The molecule has 0 heterocycles. The Labute approximate surface area is 103 Å². The summed E-state index contributed by atoms with van der Waals surface area (Å²) in [6, 6.07) is 3.11. The van der Waals surface area contributed by atoms with Crippen LogP contribution >= 0.6 is 27.7 Å². The number of hydrogen-bond acceptors (Lipinski definition) is 2. The number of ether oxygens (including phenoxy) is 1. The fraction of sp³-hybridized carbons (Fsp3) is 0.455. The summed E-state index contributed by atoms with van der Waals surface area (Å²) in [6.07, 6.45) is 0.945. The molecule has 0 aliphatic heterocycles. The highest BCUT2D eigenvalue weighted by Crippen LogP contribution is 2.37. The van der Waals surface area contributed by atoms with Gasteiger partial charge in [0.05, 0.1) is 16.0 Å². The minimum absolute atomic E-state index is 0.197. The van der Waals surface area contributed by atoms with Crippen molar-refractivity contribution in [3.8, 4) is 5.75 Å². The van der Waals surface area contributed by atoms with Gasteiger partial charge in [0.15, 0.2) is 0 Å². The van der Waals surface area contributed by atoms with E-state index < -0.39 is 0 Å². The van der Waals surface area contributed by atoms with Gasteiger partial charge in [0.25, 0.3) is 0 Å². The summed E-state index contributed by atoms with van der Waals surface area (Å²) in [4.78, 5) is 0.631. The van der Waals surface area contributed by atoms with Crippen molar-refractivity contribution in [1.82, 2.24) is 0 Å². The SMILES string of the molecule is CCCOc1ccc(F)c(SCC)c1Br. The fourth-order valence-corrected chi connectivity index (χ4v) is 2.62. The molecule has 1 nitrogen and oxygen atoms in total. The second kappa shape index (κ2) is 6.38. The molecular formula is C11H14BrFOS. The predicted octanol–water partition coefficient (Wildman–Crippen LogP) is 4.49. The van der Waals surface area contributed by atoms with Gasteiger partial charge in [0.1, 0.15) is 11.6 Å². The predicted molar refractivity (Wildman–Crippen MR) is 66.3 cm³/mol. The Bertz CT molecular complexity index is 331. The van der Waals surface area contributed by atoms with E-state index in [4.69, 9.17) is 4.74 Å². The van der Waals surface area contributed by atoms with Crippen molar-refractivity contribution in [2.75, 3.05) is 12.4 Å². The molecule has 1 aromatic rings. The van der Waals surface area contributed by atoms with Crippen LogP contribution in [0.5, 0.6) is 5.75 Å². The number of halogens is 2. The van der Waals surface area contributed by atoms with Crippen LogP contribution in [0, 0.1) is 5.82 Å². The van der Waals surface area contributed by atoms with E-state index in [2.05, 4.69) is 15.9 Å². The molecule has 1 rings (SSSR count). The average molecular weight is 293 g/mol. The van der Waals surface area contributed by atoms with Crippen LogP contribution in [0.4, 0.5) is 4.39 Å². The lowest BCUT2D eigenvalue weighted by atomic mass is 10.3. The van der Waals surface area contributed by atoms with E-state index >= 15 is 0 Å². The Balaban J connectivity index is 2.94. The Kier molecular flexibility index (Phi) is 5.47. The molecule has 0 aliphatic carbocycles. The quantitative estimate of drug-likeness (QED) is 0.740. The highest BCUT2D eigenvalue weighted by atomic mass is 79.9. The highest BCUT2D eigenvalue weighted by molar-refractivity contribution is 9.10. The molecule has 0 unspecified atom stereocenters. The van der Waals surface area contributed by atoms with Gasteiger partial charge in [0, 0.05) is 0 Å². The number of hydrogen-bond donors (Lipinski definition) is 0. The highest BCUT2D eigenvalue weighted by Gasteiger charge is 2.12. The summed E-state index contributed by atoms with van der Waals surface area (Å²) in [5, 5.41) is 0. The topological polar surface area (TPSA) is 9.23 Å². The Hall–Kier alpha value is -0.220. The van der Waals surface area contributed by atoms with Crippen molar-refractivity contribution in [1.29, 1.82) is 0 Å². The van der Waals surface area contributed by atoms with Crippen LogP contribution in [0.1, 0.15) is 20.3 Å². The molecule has 1 aromatic carbocycles. The van der Waals surface area contributed by atoms with Crippen molar-refractivity contribution in [3.05, 3.63) is 22.4 Å². The van der Waals surface area contributed by atoms with Gasteiger partial charge in [-0.05, 0) is 40.2 Å². The molecule has 4 heteroatoms. The Morgan fingerprint density at radius 3 is 2.73 bits per heavy atom. The van der Waals surface area contributed by atoms with Crippen LogP contribution in [-0.4, -0.2) is 12.4 Å². The lowest BCUT2D eigenvalue weighted by Gasteiger charge is -2.10. The molecule has 0 N–H and O–H groups in total. The first kappa shape index (κ1) is 12.8. The summed E-state index contributed by atoms with van der Waals surface area (Å²) >= 11 is 4.85. The van der Waals surface area contributed by atoms with E-state index in [0.717, 1.165) is 16.6 Å². The second-order valence-electron chi connectivity index (χ2n) is 2.97. The molecule has 0 radical (unpaired) electrons. The van der Waals surface area contributed by atoms with Gasteiger partial charge in [-0.25, -0.2) is 4.39 Å². The molecule has 84 valence electrons. The second-order valence-corrected chi connectivity index (χ2v) is 5.04. The van der Waals surface area contributed by atoms with Crippen LogP contribution in [0.25, 0.3) is 0 Å². The van der Waals surface area contributed by atoms with E-state index in [1.165, 1.54) is 17.8 Å². The minimum Gasteiger partial charge on any atom is -0.492 e. The molecule has 15 heavy (non-hydrogen) atoms. The third kappa shape index (κ3) is 3.38. The van der Waals surface area contributed by atoms with E-state index in [1.54, 1.807) is 6.07 Å². The van der Waals surface area contributed by atoms with Crippen molar-refractivity contribution < 1.29 is 9.13 Å². The molecule has 0 aromatic heterocycles. The van der Waals surface area contributed by atoms with Crippen LogP contribution in [0.15, 0.2) is 21.5 Å². The zero-order chi connectivity index (χ0) is 11.3. The van der Waals surface area contributed by atoms with E-state index in [1.807, 2.05) is 13.8 Å². The van der Waals surface area contributed by atoms with Crippen LogP contribution in [0.2, 0.25) is 0 Å². The van der Waals surface area contributed by atoms with Crippen molar-refractivity contribution in [2.24, 2.45) is 0 Å². The maximum Gasteiger partial charge on any atom is 0.138 e. The van der Waals surface area contributed by atoms with E-state index in [9.17, 15) is 4.39 Å². The molecule has 0 saturated carbocycles. The molecule has 0 atom stereocenters. The minimum atomic E-state index is -0.197. The summed E-state index contributed by atoms with van der Waals surface area (Å²) in [5.41, 5.74) is 0. The fourth-order valence-electron chi connectivity index (χ4n) is 1.11. The lowest BCUT2D eigenvalue weighted by Crippen LogP contribution is -1.97. The van der Waals surface area contributed by atoms with Crippen molar-refractivity contribution in [3.63, 3.8) is 0 Å². The molecule has 0 fully saturated rings. The normalized spacial score (nSPS) is 10.4. The van der Waals surface area contributed by atoms with Crippen LogP contribution < -0.4 is 4.74 Å². The van der Waals surface area contributed by atoms with Gasteiger partial charge in [-0.3, -0.25) is 0 Å². The first-order chi connectivity index (χ1) is 7.20. The largest absolute Gasteiger partial charge is 0.492 e. The zero-order valence-electron chi connectivity index (χ0n) is 8.85. The molecule has 0 amide bonds. The maximum absolute atomic E-state index is 13.4. The smallest absolute Gasteiger partial charge is 0.138 e. The van der Waals surface area contributed by atoms with Gasteiger partial charge >= 0.3 is 0 Å². The average Bonchev–Trinajstić information content (AvgIpc) is 2.23. The molecule has 0 saturated heterocycles. The first-order valence-electron chi connectivity index (χ1n) is 4.94. The summed E-state index contributed by atoms with van der Waals surface area (Å²) < 4.78 is 19.7. The Morgan fingerprint density at radius 2 is 2.13 bits per heavy atom. The maximum atomic E-state index is 13.4. The first-order valence-corrected chi connectivity index (χ1v) is 6.72. The molecule has 0 spiro atoms. The van der Waals surface area contributed by atoms with Crippen LogP contribution in [-0.2, 0) is 0 Å². The van der Waals surface area contributed by atoms with Crippen molar-refractivity contribution in [2.45, 2.75) is 25.2 Å². The summed E-state index contributed by atoms with van der Waals surface area (Å²) in [7, 11) is 0. The molecule has 0 bridgehead atoms. The third-order valence-corrected chi connectivity index (χ3v) is 3.79. The molecule has 0 aliphatic rings. The van der Waals surface area contributed by atoms with Gasteiger partial charge in [-0.2, -0.15) is 0 Å².